The summed E-state index contributed by atoms with van der Waals surface area (Å²) in [4.78, 5) is 6.61. The smallest absolute Gasteiger partial charge is 0.239 e. The first-order chi connectivity index (χ1) is 9.91. The molecule has 1 heterocycles. The zero-order valence-corrected chi connectivity index (χ0v) is 13.2. The lowest BCUT2D eigenvalue weighted by molar-refractivity contribution is 0.374. The van der Waals surface area contributed by atoms with Gasteiger partial charge >= 0.3 is 0 Å². The molecule has 2 rings (SSSR count). The standard InChI is InChI=1S/C14H24N4O2S/c1-2-9-18(12-5-3-11(15)4-6-12)14-8-7-13(10-17-14)21(16,19)20/h7-8,10-12H,2-6,9,15H2,1H3,(H2,16,19,20). The van der Waals surface area contributed by atoms with E-state index in [-0.39, 0.29) is 4.90 Å². The summed E-state index contributed by atoms with van der Waals surface area (Å²) in [7, 11) is -3.69. The van der Waals surface area contributed by atoms with Gasteiger partial charge < -0.3 is 10.6 Å². The van der Waals surface area contributed by atoms with Crippen molar-refractivity contribution in [1.29, 1.82) is 0 Å². The number of sulfonamides is 1. The molecule has 0 unspecified atom stereocenters. The molecule has 1 fully saturated rings. The van der Waals surface area contributed by atoms with Gasteiger partial charge in [0, 0.05) is 24.8 Å². The van der Waals surface area contributed by atoms with Gasteiger partial charge in [-0.3, -0.25) is 0 Å². The molecule has 0 amide bonds. The number of aromatic nitrogens is 1. The molecule has 1 aromatic rings. The summed E-state index contributed by atoms with van der Waals surface area (Å²) in [5, 5.41) is 5.10. The van der Waals surface area contributed by atoms with E-state index in [1.54, 1.807) is 6.07 Å². The second-order valence-corrected chi connectivity index (χ2v) is 7.22. The van der Waals surface area contributed by atoms with Crippen LogP contribution in [0.1, 0.15) is 39.0 Å². The van der Waals surface area contributed by atoms with Gasteiger partial charge in [0.2, 0.25) is 10.0 Å². The quantitative estimate of drug-likeness (QED) is 0.851. The van der Waals surface area contributed by atoms with E-state index in [1.807, 2.05) is 0 Å². The van der Waals surface area contributed by atoms with Gasteiger partial charge in [0.05, 0.1) is 0 Å². The Bertz CT molecular complexity index is 551. The molecule has 1 aliphatic carbocycles. The minimum absolute atomic E-state index is 0.0494. The average Bonchev–Trinajstić information content (AvgIpc) is 2.45. The molecule has 118 valence electrons. The maximum Gasteiger partial charge on any atom is 0.239 e. The predicted octanol–water partition coefficient (Wildman–Crippen LogP) is 1.22. The number of hydrogen-bond donors (Lipinski definition) is 2. The van der Waals surface area contributed by atoms with Crippen LogP contribution in [0.5, 0.6) is 0 Å². The Morgan fingerprint density at radius 3 is 2.43 bits per heavy atom. The van der Waals surface area contributed by atoms with Crippen LogP contribution in [0.4, 0.5) is 5.82 Å². The molecule has 0 radical (unpaired) electrons. The maximum absolute atomic E-state index is 11.3. The summed E-state index contributed by atoms with van der Waals surface area (Å²) < 4.78 is 22.6. The number of hydrogen-bond acceptors (Lipinski definition) is 5. The van der Waals surface area contributed by atoms with E-state index >= 15 is 0 Å². The van der Waals surface area contributed by atoms with Crippen LogP contribution in [0, 0.1) is 0 Å². The molecule has 0 bridgehead atoms. The van der Waals surface area contributed by atoms with Crippen molar-refractivity contribution in [3.8, 4) is 0 Å². The fourth-order valence-corrected chi connectivity index (χ4v) is 3.31. The Kier molecular flexibility index (Phi) is 5.18. The van der Waals surface area contributed by atoms with Crippen molar-refractivity contribution in [2.24, 2.45) is 10.9 Å². The van der Waals surface area contributed by atoms with Gasteiger partial charge in [0.15, 0.2) is 0 Å². The third-order valence-corrected chi connectivity index (χ3v) is 4.89. The molecule has 0 atom stereocenters. The van der Waals surface area contributed by atoms with Crippen LogP contribution in [-0.2, 0) is 10.0 Å². The van der Waals surface area contributed by atoms with Crippen LogP contribution in [0.25, 0.3) is 0 Å². The molecular formula is C14H24N4O2S. The van der Waals surface area contributed by atoms with E-state index in [0.717, 1.165) is 44.5 Å². The van der Waals surface area contributed by atoms with E-state index in [1.165, 1.54) is 12.3 Å². The molecule has 0 saturated heterocycles. The third kappa shape index (κ3) is 4.15. The Morgan fingerprint density at radius 2 is 1.95 bits per heavy atom. The van der Waals surface area contributed by atoms with Crippen LogP contribution in [0.15, 0.2) is 23.2 Å². The molecule has 4 N–H and O–H groups in total. The van der Waals surface area contributed by atoms with Crippen molar-refractivity contribution in [2.45, 2.75) is 56.0 Å². The van der Waals surface area contributed by atoms with Crippen molar-refractivity contribution in [1.82, 2.24) is 4.98 Å². The predicted molar refractivity (Wildman–Crippen MR) is 83.5 cm³/mol. The Labute approximate surface area is 126 Å². The van der Waals surface area contributed by atoms with E-state index in [9.17, 15) is 8.42 Å². The van der Waals surface area contributed by atoms with Gasteiger partial charge in [0.25, 0.3) is 0 Å². The zero-order valence-electron chi connectivity index (χ0n) is 12.4. The average molecular weight is 312 g/mol. The summed E-state index contributed by atoms with van der Waals surface area (Å²) >= 11 is 0. The normalized spacial score (nSPS) is 23.0. The number of pyridine rings is 1. The van der Waals surface area contributed by atoms with Crippen molar-refractivity contribution >= 4 is 15.8 Å². The molecule has 21 heavy (non-hydrogen) atoms. The van der Waals surface area contributed by atoms with Gasteiger partial charge in [-0.2, -0.15) is 0 Å². The minimum Gasteiger partial charge on any atom is -0.354 e. The van der Waals surface area contributed by atoms with Crippen molar-refractivity contribution < 1.29 is 8.42 Å². The summed E-state index contributed by atoms with van der Waals surface area (Å²) in [6, 6.07) is 4.00. The second kappa shape index (κ2) is 6.72. The second-order valence-electron chi connectivity index (χ2n) is 5.66. The lowest BCUT2D eigenvalue weighted by atomic mass is 9.90. The molecule has 6 nitrogen and oxygen atoms in total. The number of primary sulfonamides is 1. The summed E-state index contributed by atoms with van der Waals surface area (Å²) in [5.74, 6) is 0.810. The number of anilines is 1. The van der Waals surface area contributed by atoms with Gasteiger partial charge in [0.1, 0.15) is 10.7 Å². The van der Waals surface area contributed by atoms with Gasteiger partial charge in [-0.25, -0.2) is 18.5 Å². The van der Waals surface area contributed by atoms with Crippen molar-refractivity contribution in [2.75, 3.05) is 11.4 Å². The minimum atomic E-state index is -3.69. The lowest BCUT2D eigenvalue weighted by Gasteiger charge is -2.36. The SMILES string of the molecule is CCCN(c1ccc(S(N)(=O)=O)cn1)C1CCC(N)CC1. The van der Waals surface area contributed by atoms with Crippen LogP contribution < -0.4 is 15.8 Å². The van der Waals surface area contributed by atoms with E-state index in [0.29, 0.717) is 12.1 Å². The summed E-state index contributed by atoms with van der Waals surface area (Å²) in [6.45, 7) is 3.03. The fourth-order valence-electron chi connectivity index (χ4n) is 2.85. The van der Waals surface area contributed by atoms with Crippen molar-refractivity contribution in [3.63, 3.8) is 0 Å². The third-order valence-electron chi connectivity index (χ3n) is 3.99. The largest absolute Gasteiger partial charge is 0.354 e. The molecule has 1 aromatic heterocycles. The molecule has 1 saturated carbocycles. The molecular weight excluding hydrogens is 288 g/mol. The highest BCUT2D eigenvalue weighted by molar-refractivity contribution is 7.89. The highest BCUT2D eigenvalue weighted by Crippen LogP contribution is 2.26. The van der Waals surface area contributed by atoms with E-state index in [4.69, 9.17) is 10.9 Å². The highest BCUT2D eigenvalue weighted by atomic mass is 32.2. The monoisotopic (exact) mass is 312 g/mol. The Hall–Kier alpha value is -1.18. The van der Waals surface area contributed by atoms with E-state index < -0.39 is 10.0 Å². The molecule has 0 spiro atoms. The van der Waals surface area contributed by atoms with Gasteiger partial charge in [-0.15, -0.1) is 0 Å². The Morgan fingerprint density at radius 1 is 1.29 bits per heavy atom. The summed E-state index contributed by atoms with van der Waals surface area (Å²) in [6.07, 6.45) is 6.52. The number of rotatable bonds is 5. The molecule has 0 aromatic carbocycles. The van der Waals surface area contributed by atoms with Gasteiger partial charge in [-0.1, -0.05) is 6.92 Å². The van der Waals surface area contributed by atoms with Crippen LogP contribution >= 0.6 is 0 Å². The highest BCUT2D eigenvalue weighted by Gasteiger charge is 2.25. The van der Waals surface area contributed by atoms with E-state index in [2.05, 4.69) is 16.8 Å². The zero-order chi connectivity index (χ0) is 15.5. The molecule has 1 aliphatic rings. The van der Waals surface area contributed by atoms with Crippen LogP contribution in [-0.4, -0.2) is 32.0 Å². The van der Waals surface area contributed by atoms with Crippen molar-refractivity contribution in [3.05, 3.63) is 18.3 Å². The fraction of sp³-hybridized carbons (Fsp3) is 0.643. The first kappa shape index (κ1) is 16.2. The first-order valence-corrected chi connectivity index (χ1v) is 8.97. The Balaban J connectivity index is 2.18. The first-order valence-electron chi connectivity index (χ1n) is 7.43. The van der Waals surface area contributed by atoms with Crippen LogP contribution in [0.3, 0.4) is 0 Å². The maximum atomic E-state index is 11.3. The topological polar surface area (TPSA) is 102 Å². The number of nitrogens with two attached hydrogens (primary N) is 2. The van der Waals surface area contributed by atoms with Crippen LogP contribution in [0.2, 0.25) is 0 Å². The van der Waals surface area contributed by atoms with Gasteiger partial charge in [-0.05, 0) is 44.2 Å². The lowest BCUT2D eigenvalue weighted by Crippen LogP contribution is -2.41. The number of nitrogens with zero attached hydrogens (tertiary/aromatic N) is 2. The molecule has 7 heteroatoms. The summed E-state index contributed by atoms with van der Waals surface area (Å²) in [5.41, 5.74) is 5.96. The molecule has 0 aliphatic heterocycles.